The van der Waals surface area contributed by atoms with E-state index < -0.39 is 6.09 Å². The van der Waals surface area contributed by atoms with Crippen molar-refractivity contribution in [2.75, 3.05) is 13.1 Å². The normalized spacial score (nSPS) is 17.2. The lowest BCUT2D eigenvalue weighted by atomic mass is 10.2. The Morgan fingerprint density at radius 3 is 2.85 bits per heavy atom. The molecule has 26 heavy (non-hydrogen) atoms. The molecular weight excluding hydrogens is 356 g/mol. The molecule has 1 amide bonds. The number of hydrogen-bond acceptors (Lipinski definition) is 3. The zero-order chi connectivity index (χ0) is 18.4. The van der Waals surface area contributed by atoms with E-state index >= 15 is 0 Å². The van der Waals surface area contributed by atoms with Crippen LogP contribution in [0.15, 0.2) is 41.3 Å². The molecule has 1 fully saturated rings. The fourth-order valence-electron chi connectivity index (χ4n) is 3.61. The molecule has 134 valence electrons. The van der Waals surface area contributed by atoms with Gasteiger partial charge in [0.15, 0.2) is 5.65 Å². The molecule has 2 aromatic heterocycles. The number of imidazole rings is 1. The number of carboxylic acid groups (broad SMARTS) is 1. The molecule has 0 spiro atoms. The minimum absolute atomic E-state index is 0.221. The van der Waals surface area contributed by atoms with E-state index in [-0.39, 0.29) is 18.3 Å². The number of nitrogens with zero attached hydrogens (tertiary/aromatic N) is 4. The van der Waals surface area contributed by atoms with E-state index in [0.29, 0.717) is 29.2 Å². The standard InChI is InChI=1S/C18H17ClN4O3/c1-11-9-12(19)4-5-14(11)23-15-3-2-7-20-16(15)22(17(23)24)13-6-8-21(10-13)18(25)26/h2-5,7,9,13H,6,8,10H2,1H3,(H,25,26). The van der Waals surface area contributed by atoms with Crippen molar-refractivity contribution in [2.24, 2.45) is 0 Å². The highest BCUT2D eigenvalue weighted by Crippen LogP contribution is 2.27. The van der Waals surface area contributed by atoms with Crippen molar-refractivity contribution >= 4 is 28.9 Å². The monoisotopic (exact) mass is 372 g/mol. The van der Waals surface area contributed by atoms with Crippen LogP contribution < -0.4 is 5.69 Å². The quantitative estimate of drug-likeness (QED) is 0.749. The largest absolute Gasteiger partial charge is 0.465 e. The molecule has 1 unspecified atom stereocenters. The van der Waals surface area contributed by atoms with E-state index in [4.69, 9.17) is 11.6 Å². The number of aryl methyl sites for hydroxylation is 1. The average molecular weight is 373 g/mol. The van der Waals surface area contributed by atoms with Gasteiger partial charge in [0.1, 0.15) is 0 Å². The van der Waals surface area contributed by atoms with Crippen LogP contribution in [0.25, 0.3) is 16.9 Å². The molecule has 1 N–H and O–H groups in total. The minimum Gasteiger partial charge on any atom is -0.465 e. The summed E-state index contributed by atoms with van der Waals surface area (Å²) in [7, 11) is 0. The summed E-state index contributed by atoms with van der Waals surface area (Å²) in [6.07, 6.45) is 1.26. The Balaban J connectivity index is 1.92. The van der Waals surface area contributed by atoms with Gasteiger partial charge in [-0.2, -0.15) is 0 Å². The lowest BCUT2D eigenvalue weighted by molar-refractivity contribution is 0.154. The van der Waals surface area contributed by atoms with Gasteiger partial charge >= 0.3 is 11.8 Å². The van der Waals surface area contributed by atoms with Crippen LogP contribution in [0.2, 0.25) is 5.02 Å². The van der Waals surface area contributed by atoms with E-state index in [1.807, 2.05) is 25.1 Å². The molecule has 0 aliphatic carbocycles. The number of rotatable bonds is 2. The summed E-state index contributed by atoms with van der Waals surface area (Å²) in [6, 6.07) is 8.77. The van der Waals surface area contributed by atoms with Gasteiger partial charge in [-0.1, -0.05) is 11.6 Å². The van der Waals surface area contributed by atoms with E-state index in [9.17, 15) is 14.7 Å². The molecule has 7 nitrogen and oxygen atoms in total. The molecule has 4 rings (SSSR count). The molecule has 1 aromatic carbocycles. The Kier molecular flexibility index (Phi) is 3.96. The van der Waals surface area contributed by atoms with E-state index in [1.165, 1.54) is 4.90 Å². The number of fused-ring (bicyclic) bond motifs is 1. The molecule has 3 heterocycles. The van der Waals surface area contributed by atoms with Gasteiger partial charge in [-0.25, -0.2) is 14.6 Å². The summed E-state index contributed by atoms with van der Waals surface area (Å²) in [4.78, 5) is 30.2. The Labute approximate surface area is 154 Å². The second-order valence-electron chi connectivity index (χ2n) is 6.44. The number of carbonyl (C=O) groups is 1. The molecule has 0 bridgehead atoms. The first kappa shape index (κ1) is 16.7. The molecule has 1 aliphatic rings. The number of aromatic nitrogens is 3. The zero-order valence-electron chi connectivity index (χ0n) is 14.1. The molecule has 1 atom stereocenters. The molecule has 0 saturated carbocycles. The second-order valence-corrected chi connectivity index (χ2v) is 6.87. The maximum atomic E-state index is 13.3. The third-order valence-electron chi connectivity index (χ3n) is 4.83. The van der Waals surface area contributed by atoms with Crippen LogP contribution in [0.3, 0.4) is 0 Å². The van der Waals surface area contributed by atoms with Crippen LogP contribution in [0.4, 0.5) is 4.79 Å². The van der Waals surface area contributed by atoms with Crippen LogP contribution in [0.1, 0.15) is 18.0 Å². The summed E-state index contributed by atoms with van der Waals surface area (Å²) in [6.45, 7) is 2.59. The first-order chi connectivity index (χ1) is 12.5. The van der Waals surface area contributed by atoms with Crippen LogP contribution in [0.5, 0.6) is 0 Å². The smallest absolute Gasteiger partial charge is 0.407 e. The molecule has 1 saturated heterocycles. The van der Waals surface area contributed by atoms with Crippen molar-refractivity contribution in [3.05, 3.63) is 57.6 Å². The van der Waals surface area contributed by atoms with Crippen molar-refractivity contribution in [1.82, 2.24) is 19.0 Å². The van der Waals surface area contributed by atoms with Crippen molar-refractivity contribution < 1.29 is 9.90 Å². The highest BCUT2D eigenvalue weighted by atomic mass is 35.5. The van der Waals surface area contributed by atoms with Gasteiger partial charge in [0.05, 0.1) is 17.2 Å². The SMILES string of the molecule is Cc1cc(Cl)ccc1-n1c(=O)n(C2CCN(C(=O)O)C2)c2ncccc21. The number of hydrogen-bond donors (Lipinski definition) is 1. The molecule has 3 aromatic rings. The number of amides is 1. The highest BCUT2D eigenvalue weighted by Gasteiger charge is 2.31. The van der Waals surface area contributed by atoms with Crippen molar-refractivity contribution in [2.45, 2.75) is 19.4 Å². The van der Waals surface area contributed by atoms with Gasteiger partial charge in [-0.15, -0.1) is 0 Å². The maximum Gasteiger partial charge on any atom is 0.407 e. The van der Waals surface area contributed by atoms with Crippen LogP contribution in [-0.4, -0.2) is 43.3 Å². The summed E-state index contributed by atoms with van der Waals surface area (Å²) in [5.74, 6) is 0. The second kappa shape index (κ2) is 6.17. The van der Waals surface area contributed by atoms with Crippen LogP contribution >= 0.6 is 11.6 Å². The maximum absolute atomic E-state index is 13.3. The number of halogens is 1. The lowest BCUT2D eigenvalue weighted by Gasteiger charge is -2.13. The predicted octanol–water partition coefficient (Wildman–Crippen LogP) is 3.07. The fraction of sp³-hybridized carbons (Fsp3) is 0.278. The van der Waals surface area contributed by atoms with Gasteiger partial charge in [-0.05, 0) is 49.2 Å². The summed E-state index contributed by atoms with van der Waals surface area (Å²) >= 11 is 6.05. The first-order valence-corrected chi connectivity index (χ1v) is 8.67. The minimum atomic E-state index is -0.967. The van der Waals surface area contributed by atoms with Crippen LogP contribution in [-0.2, 0) is 0 Å². The molecule has 1 aliphatic heterocycles. The first-order valence-electron chi connectivity index (χ1n) is 8.29. The van der Waals surface area contributed by atoms with Gasteiger partial charge in [0.2, 0.25) is 0 Å². The van der Waals surface area contributed by atoms with Crippen LogP contribution in [0, 0.1) is 6.92 Å². The van der Waals surface area contributed by atoms with E-state index in [0.717, 1.165) is 11.3 Å². The summed E-state index contributed by atoms with van der Waals surface area (Å²) < 4.78 is 3.24. The summed E-state index contributed by atoms with van der Waals surface area (Å²) in [5, 5.41) is 9.82. The highest BCUT2D eigenvalue weighted by molar-refractivity contribution is 6.30. The van der Waals surface area contributed by atoms with Gasteiger partial charge < -0.3 is 10.0 Å². The third-order valence-corrected chi connectivity index (χ3v) is 5.07. The predicted molar refractivity (Wildman–Crippen MR) is 98.3 cm³/mol. The third kappa shape index (κ3) is 2.55. The Morgan fingerprint density at radius 1 is 1.35 bits per heavy atom. The van der Waals surface area contributed by atoms with E-state index in [2.05, 4.69) is 4.98 Å². The van der Waals surface area contributed by atoms with E-state index in [1.54, 1.807) is 27.5 Å². The lowest BCUT2D eigenvalue weighted by Crippen LogP contribution is -2.31. The molecular formula is C18H17ClN4O3. The Morgan fingerprint density at radius 2 is 2.15 bits per heavy atom. The number of benzene rings is 1. The average Bonchev–Trinajstić information content (AvgIpc) is 3.18. The number of pyridine rings is 1. The number of likely N-dealkylation sites (tertiary alicyclic amines) is 1. The van der Waals surface area contributed by atoms with Crippen molar-refractivity contribution in [3.8, 4) is 5.69 Å². The Hall–Kier alpha value is -2.80. The van der Waals surface area contributed by atoms with Gasteiger partial charge in [-0.3, -0.25) is 9.13 Å². The fourth-order valence-corrected chi connectivity index (χ4v) is 3.83. The van der Waals surface area contributed by atoms with Crippen molar-refractivity contribution in [3.63, 3.8) is 0 Å². The molecule has 0 radical (unpaired) electrons. The Bertz CT molecular complexity index is 1070. The molecule has 8 heteroatoms. The van der Waals surface area contributed by atoms with Gasteiger partial charge in [0, 0.05) is 24.3 Å². The summed E-state index contributed by atoms with van der Waals surface area (Å²) in [5.41, 5.74) is 2.65. The van der Waals surface area contributed by atoms with Gasteiger partial charge in [0.25, 0.3) is 0 Å². The topological polar surface area (TPSA) is 80.4 Å². The van der Waals surface area contributed by atoms with Crippen molar-refractivity contribution in [1.29, 1.82) is 0 Å². The zero-order valence-corrected chi connectivity index (χ0v) is 14.8.